The van der Waals surface area contributed by atoms with E-state index >= 15 is 0 Å². The molecule has 26 heavy (non-hydrogen) atoms. The number of carbonyl (C=O) groups excluding carboxylic acids is 1. The topological polar surface area (TPSA) is 66.0 Å². The zero-order chi connectivity index (χ0) is 18.2. The second-order valence-corrected chi connectivity index (χ2v) is 6.68. The number of rotatable bonds is 4. The average molecular weight is 543 g/mol. The molecule has 9 heteroatoms. The van der Waals surface area contributed by atoms with E-state index in [0.29, 0.717) is 42.2 Å². The summed E-state index contributed by atoms with van der Waals surface area (Å²) in [5, 5.41) is 6.45. The van der Waals surface area contributed by atoms with E-state index in [2.05, 4.69) is 31.6 Å². The highest BCUT2D eigenvalue weighted by atomic mass is 127. The van der Waals surface area contributed by atoms with Crippen LogP contribution in [-0.2, 0) is 11.3 Å². The molecule has 1 heterocycles. The lowest BCUT2D eigenvalue weighted by atomic mass is 10.1. The van der Waals surface area contributed by atoms with Crippen molar-refractivity contribution in [3.63, 3.8) is 0 Å². The smallest absolute Gasteiger partial charge is 0.409 e. The number of ether oxygens (including phenoxy) is 1. The Balaban J connectivity index is 0.00000338. The Kier molecular flexibility index (Phi) is 10.2. The van der Waals surface area contributed by atoms with Crippen molar-refractivity contribution in [3.8, 4) is 0 Å². The fraction of sp³-hybridized carbons (Fsp3) is 0.529. The van der Waals surface area contributed by atoms with Crippen LogP contribution in [0.3, 0.4) is 0 Å². The van der Waals surface area contributed by atoms with Crippen LogP contribution in [0.5, 0.6) is 0 Å². The first-order chi connectivity index (χ1) is 12.0. The predicted molar refractivity (Wildman–Crippen MR) is 114 cm³/mol. The molecule has 0 aliphatic carbocycles. The number of amides is 1. The van der Waals surface area contributed by atoms with E-state index in [1.807, 2.05) is 0 Å². The number of halogens is 3. The zero-order valence-electron chi connectivity index (χ0n) is 14.9. The summed E-state index contributed by atoms with van der Waals surface area (Å²) in [6.45, 7) is 3.83. The summed E-state index contributed by atoms with van der Waals surface area (Å²) in [4.78, 5) is 17.6. The molecule has 0 spiro atoms. The zero-order valence-corrected chi connectivity index (χ0v) is 18.8. The molecule has 0 atom stereocenters. The molecule has 1 aliphatic rings. The highest BCUT2D eigenvalue weighted by Crippen LogP contribution is 2.15. The molecule has 2 rings (SSSR count). The van der Waals surface area contributed by atoms with Gasteiger partial charge >= 0.3 is 6.09 Å². The minimum Gasteiger partial charge on any atom is -0.450 e. The van der Waals surface area contributed by atoms with Crippen molar-refractivity contribution in [2.45, 2.75) is 32.4 Å². The second kappa shape index (κ2) is 11.6. The van der Waals surface area contributed by atoms with Crippen molar-refractivity contribution >= 4 is 52.0 Å². The quantitative estimate of drug-likeness (QED) is 0.347. The number of nitrogens with zero attached hydrogens (tertiary/aromatic N) is 2. The Hall–Kier alpha value is -1.10. The third-order valence-corrected chi connectivity index (χ3v) is 4.54. The lowest BCUT2D eigenvalue weighted by Crippen LogP contribution is -2.49. The molecule has 1 aromatic carbocycles. The summed E-state index contributed by atoms with van der Waals surface area (Å²) in [5.74, 6) is 0.358. The Bertz CT molecular complexity index is 625. The Morgan fingerprint density at radius 3 is 2.69 bits per heavy atom. The number of piperidine rings is 1. The predicted octanol–water partition coefficient (Wildman–Crippen LogP) is 3.49. The van der Waals surface area contributed by atoms with Crippen molar-refractivity contribution in [1.29, 1.82) is 0 Å². The van der Waals surface area contributed by atoms with E-state index in [1.54, 1.807) is 31.0 Å². The van der Waals surface area contributed by atoms with Gasteiger partial charge in [-0.2, -0.15) is 0 Å². The van der Waals surface area contributed by atoms with Crippen molar-refractivity contribution < 1.29 is 13.9 Å². The maximum atomic E-state index is 13.9. The number of nitrogens with one attached hydrogen (secondary N) is 2. The normalized spacial score (nSPS) is 15.2. The van der Waals surface area contributed by atoms with E-state index in [4.69, 9.17) is 4.74 Å². The van der Waals surface area contributed by atoms with Gasteiger partial charge in [-0.25, -0.2) is 9.18 Å². The fourth-order valence-electron chi connectivity index (χ4n) is 2.65. The Morgan fingerprint density at radius 2 is 2.12 bits per heavy atom. The number of carbonyl (C=O) groups is 1. The van der Waals surface area contributed by atoms with E-state index in [0.717, 1.165) is 12.8 Å². The number of benzene rings is 1. The van der Waals surface area contributed by atoms with Crippen LogP contribution in [0.1, 0.15) is 25.3 Å². The maximum Gasteiger partial charge on any atom is 0.409 e. The number of hydrogen-bond acceptors (Lipinski definition) is 3. The Morgan fingerprint density at radius 1 is 1.42 bits per heavy atom. The van der Waals surface area contributed by atoms with Crippen LogP contribution >= 0.6 is 39.9 Å². The largest absolute Gasteiger partial charge is 0.450 e. The molecule has 146 valence electrons. The summed E-state index contributed by atoms with van der Waals surface area (Å²) >= 11 is 3.25. The summed E-state index contributed by atoms with van der Waals surface area (Å²) in [7, 11) is 1.68. The molecule has 1 saturated heterocycles. The van der Waals surface area contributed by atoms with Crippen molar-refractivity contribution in [3.05, 3.63) is 34.1 Å². The lowest BCUT2D eigenvalue weighted by molar-refractivity contribution is 0.0963. The van der Waals surface area contributed by atoms with Crippen molar-refractivity contribution in [2.24, 2.45) is 4.99 Å². The molecule has 0 radical (unpaired) electrons. The van der Waals surface area contributed by atoms with Crippen LogP contribution in [0.15, 0.2) is 27.7 Å². The monoisotopic (exact) mass is 542 g/mol. The molecular weight excluding hydrogens is 518 g/mol. The molecule has 2 N–H and O–H groups in total. The van der Waals surface area contributed by atoms with Gasteiger partial charge in [0.1, 0.15) is 5.82 Å². The maximum absolute atomic E-state index is 13.9. The number of aliphatic imine (C=N–C) groups is 1. The van der Waals surface area contributed by atoms with Crippen molar-refractivity contribution in [1.82, 2.24) is 15.5 Å². The molecule has 0 unspecified atom stereocenters. The van der Waals surface area contributed by atoms with E-state index in [9.17, 15) is 9.18 Å². The molecule has 0 saturated carbocycles. The number of hydrogen-bond donors (Lipinski definition) is 2. The number of likely N-dealkylation sites (tertiary alicyclic amines) is 1. The summed E-state index contributed by atoms with van der Waals surface area (Å²) in [6, 6.07) is 5.20. The molecule has 1 fully saturated rings. The average Bonchev–Trinajstić information content (AvgIpc) is 2.60. The third-order valence-electron chi connectivity index (χ3n) is 4.05. The third kappa shape index (κ3) is 6.90. The molecule has 6 nitrogen and oxygen atoms in total. The second-order valence-electron chi connectivity index (χ2n) is 5.77. The standard InChI is InChI=1S/C17H24BrFN4O2.HI/c1-3-25-17(24)23-8-6-14(7-9-23)22-16(20-2)21-11-12-4-5-13(18)10-15(12)19;/h4-5,10,14H,3,6-9,11H2,1-2H3,(H2,20,21,22);1H. The number of guanidine groups is 1. The molecule has 0 aromatic heterocycles. The van der Waals surface area contributed by atoms with Gasteiger partial charge in [-0.15, -0.1) is 24.0 Å². The van der Waals surface area contributed by atoms with Gasteiger partial charge in [0.05, 0.1) is 6.61 Å². The van der Waals surface area contributed by atoms with Gasteiger partial charge in [0.2, 0.25) is 0 Å². The molecule has 1 amide bonds. The summed E-state index contributed by atoms with van der Waals surface area (Å²) in [5.41, 5.74) is 0.572. The molecule has 1 aliphatic heterocycles. The van der Waals surface area contributed by atoms with Gasteiger partial charge in [-0.05, 0) is 31.9 Å². The SMILES string of the molecule is CCOC(=O)N1CCC(NC(=NC)NCc2ccc(Br)cc2F)CC1.I. The fourth-order valence-corrected chi connectivity index (χ4v) is 2.99. The van der Waals surface area contributed by atoms with Crippen LogP contribution in [0.4, 0.5) is 9.18 Å². The van der Waals surface area contributed by atoms with Gasteiger partial charge < -0.3 is 20.3 Å². The van der Waals surface area contributed by atoms with Crippen LogP contribution in [0, 0.1) is 5.82 Å². The minimum atomic E-state index is -0.264. The minimum absolute atomic E-state index is 0. The Labute approximate surface area is 179 Å². The van der Waals surface area contributed by atoms with Gasteiger partial charge in [0, 0.05) is 42.8 Å². The van der Waals surface area contributed by atoms with Gasteiger partial charge in [0.25, 0.3) is 0 Å². The first kappa shape index (κ1) is 22.9. The first-order valence-electron chi connectivity index (χ1n) is 8.36. The van der Waals surface area contributed by atoms with Crippen LogP contribution in [0.25, 0.3) is 0 Å². The summed E-state index contributed by atoms with van der Waals surface area (Å²) in [6.07, 6.45) is 1.37. The van der Waals surface area contributed by atoms with Crippen LogP contribution in [0.2, 0.25) is 0 Å². The summed E-state index contributed by atoms with van der Waals surface area (Å²) < 4.78 is 19.6. The first-order valence-corrected chi connectivity index (χ1v) is 9.15. The van der Waals surface area contributed by atoms with Crippen LogP contribution in [-0.4, -0.2) is 49.7 Å². The van der Waals surface area contributed by atoms with Crippen LogP contribution < -0.4 is 10.6 Å². The molecule has 0 bridgehead atoms. The van der Waals surface area contributed by atoms with Gasteiger partial charge in [-0.1, -0.05) is 22.0 Å². The van der Waals surface area contributed by atoms with Gasteiger partial charge in [-0.3, -0.25) is 4.99 Å². The van der Waals surface area contributed by atoms with E-state index in [-0.39, 0.29) is 41.9 Å². The highest BCUT2D eigenvalue weighted by Gasteiger charge is 2.24. The van der Waals surface area contributed by atoms with E-state index < -0.39 is 0 Å². The van der Waals surface area contributed by atoms with Crippen molar-refractivity contribution in [2.75, 3.05) is 26.7 Å². The lowest BCUT2D eigenvalue weighted by Gasteiger charge is -2.32. The van der Waals surface area contributed by atoms with E-state index in [1.165, 1.54) is 6.07 Å². The molecule has 1 aromatic rings. The molecular formula is C17H25BrFIN4O2. The van der Waals surface area contributed by atoms with Gasteiger partial charge in [0.15, 0.2) is 5.96 Å². The highest BCUT2D eigenvalue weighted by molar-refractivity contribution is 14.0.